The molecule has 1 aliphatic rings. The zero-order chi connectivity index (χ0) is 16.0. The van der Waals surface area contributed by atoms with E-state index >= 15 is 0 Å². The number of nitrogens with one attached hydrogen (secondary N) is 1. The summed E-state index contributed by atoms with van der Waals surface area (Å²) in [7, 11) is 0. The smallest absolute Gasteiger partial charge is 0.357 e. The van der Waals surface area contributed by atoms with Crippen molar-refractivity contribution in [3.05, 3.63) is 42.2 Å². The van der Waals surface area contributed by atoms with Gasteiger partial charge in [-0.15, -0.1) is 0 Å². The molecule has 1 unspecified atom stereocenters. The van der Waals surface area contributed by atoms with Crippen molar-refractivity contribution in [2.24, 2.45) is 5.10 Å². The lowest BCUT2D eigenvalue weighted by Gasteiger charge is -2.33. The Morgan fingerprint density at radius 2 is 1.95 bits per heavy atom. The van der Waals surface area contributed by atoms with Gasteiger partial charge in [0.25, 0.3) is 0 Å². The second-order valence-corrected chi connectivity index (χ2v) is 4.43. The second kappa shape index (κ2) is 4.63. The van der Waals surface area contributed by atoms with Gasteiger partial charge in [0, 0.05) is 5.56 Å². The molecule has 0 radical (unpaired) electrons. The predicted molar refractivity (Wildman–Crippen MR) is 68.1 cm³/mol. The van der Waals surface area contributed by atoms with Crippen molar-refractivity contribution in [2.75, 3.05) is 5.43 Å². The van der Waals surface area contributed by atoms with E-state index in [1.54, 1.807) is 6.07 Å². The molecule has 7 nitrogen and oxygen atoms in total. The van der Waals surface area contributed by atoms with Crippen molar-refractivity contribution in [3.63, 3.8) is 0 Å². The van der Waals surface area contributed by atoms with E-state index in [1.165, 1.54) is 24.3 Å². The Kier molecular flexibility index (Phi) is 2.99. The van der Waals surface area contributed by atoms with Crippen molar-refractivity contribution in [1.82, 2.24) is 14.8 Å². The van der Waals surface area contributed by atoms with Crippen LogP contribution in [0.15, 0.2) is 41.8 Å². The summed E-state index contributed by atoms with van der Waals surface area (Å²) >= 11 is 0. The minimum atomic E-state index is -5.22. The highest BCUT2D eigenvalue weighted by atomic mass is 19.4. The normalized spacial score (nSPS) is 20.8. The number of halogens is 3. The molecule has 1 atom stereocenters. The lowest BCUT2D eigenvalue weighted by molar-refractivity contribution is -0.267. The Balaban J connectivity index is 2.15. The van der Waals surface area contributed by atoms with Gasteiger partial charge in [-0.3, -0.25) is 4.79 Å². The van der Waals surface area contributed by atoms with E-state index in [4.69, 9.17) is 0 Å². The maximum absolute atomic E-state index is 13.4. The van der Waals surface area contributed by atoms with Crippen LogP contribution in [0.25, 0.3) is 0 Å². The molecule has 1 aromatic carbocycles. The van der Waals surface area contributed by atoms with Crippen molar-refractivity contribution in [1.29, 1.82) is 0 Å². The monoisotopic (exact) mass is 311 g/mol. The third kappa shape index (κ3) is 1.88. The van der Waals surface area contributed by atoms with Crippen molar-refractivity contribution < 1.29 is 23.1 Å². The van der Waals surface area contributed by atoms with E-state index in [-0.39, 0.29) is 10.2 Å². The van der Waals surface area contributed by atoms with Crippen molar-refractivity contribution in [2.45, 2.75) is 11.9 Å². The first-order valence-corrected chi connectivity index (χ1v) is 5.99. The van der Waals surface area contributed by atoms with Gasteiger partial charge in [-0.05, 0) is 0 Å². The molecule has 1 aliphatic heterocycles. The third-order valence-electron chi connectivity index (χ3n) is 3.10. The van der Waals surface area contributed by atoms with Crippen LogP contribution in [-0.4, -0.2) is 37.5 Å². The van der Waals surface area contributed by atoms with Crippen LogP contribution in [0.4, 0.5) is 19.1 Å². The van der Waals surface area contributed by atoms with Crippen LogP contribution in [0.1, 0.15) is 10.4 Å². The number of aliphatic hydroxyl groups is 1. The van der Waals surface area contributed by atoms with E-state index in [1.807, 2.05) is 0 Å². The van der Waals surface area contributed by atoms with Gasteiger partial charge in [0.2, 0.25) is 11.7 Å². The summed E-state index contributed by atoms with van der Waals surface area (Å²) in [6.07, 6.45) is -4.41. The molecule has 114 valence electrons. The molecule has 0 saturated heterocycles. The minimum absolute atomic E-state index is 0.0470. The number of carbonyl (C=O) groups excluding carboxylic acids is 1. The lowest BCUT2D eigenvalue weighted by atomic mass is 9.97. The number of alkyl halides is 3. The number of benzene rings is 1. The maximum atomic E-state index is 13.4. The summed E-state index contributed by atoms with van der Waals surface area (Å²) in [6.45, 7) is 0. The molecule has 0 aliphatic carbocycles. The number of anilines is 1. The standard InChI is InChI=1S/C12H8F3N5O2/c13-12(14,15)11(22)9(8(21)7-4-2-1-3-5-7)18-19-10-16-6-17-20(10)11/h1-6,22H,(H,16,17,19). The number of carbonyl (C=O) groups is 1. The molecule has 2 heterocycles. The Labute approximate surface area is 121 Å². The Bertz CT molecular complexity index is 756. The number of Topliss-reactive ketones (excluding diaryl/α,β-unsaturated/α-hetero) is 1. The molecular formula is C12H8F3N5O2. The zero-order valence-corrected chi connectivity index (χ0v) is 10.7. The Hall–Kier alpha value is -2.75. The molecule has 3 rings (SSSR count). The summed E-state index contributed by atoms with van der Waals surface area (Å²) in [5, 5.41) is 16.9. The van der Waals surface area contributed by atoms with E-state index in [0.29, 0.717) is 0 Å². The highest BCUT2D eigenvalue weighted by Crippen LogP contribution is 2.39. The number of ketones is 1. The predicted octanol–water partition coefficient (Wildman–Crippen LogP) is 1.15. The highest BCUT2D eigenvalue weighted by molar-refractivity contribution is 6.48. The SMILES string of the molecule is O=C(C1=NNc2ncnn2C1(O)C(F)(F)F)c1ccccc1. The van der Waals surface area contributed by atoms with E-state index in [2.05, 4.69) is 20.6 Å². The van der Waals surface area contributed by atoms with Gasteiger partial charge in [0.1, 0.15) is 6.33 Å². The molecule has 2 aromatic rings. The van der Waals surface area contributed by atoms with Crippen LogP contribution in [0.3, 0.4) is 0 Å². The van der Waals surface area contributed by atoms with Crippen LogP contribution in [0.5, 0.6) is 0 Å². The van der Waals surface area contributed by atoms with Gasteiger partial charge in [-0.2, -0.15) is 33.0 Å². The number of aromatic nitrogens is 3. The quantitative estimate of drug-likeness (QED) is 0.812. The van der Waals surface area contributed by atoms with Crippen LogP contribution >= 0.6 is 0 Å². The molecular weight excluding hydrogens is 303 g/mol. The largest absolute Gasteiger partial charge is 0.445 e. The fraction of sp³-hybridized carbons (Fsp3) is 0.167. The van der Waals surface area contributed by atoms with Gasteiger partial charge in [-0.25, -0.2) is 5.43 Å². The molecule has 0 fully saturated rings. The number of rotatable bonds is 2. The molecule has 0 spiro atoms. The molecule has 1 aromatic heterocycles. The number of hydrazone groups is 1. The average molecular weight is 311 g/mol. The molecule has 2 N–H and O–H groups in total. The number of fused-ring (bicyclic) bond motifs is 1. The molecule has 0 saturated carbocycles. The van der Waals surface area contributed by atoms with Crippen molar-refractivity contribution in [3.8, 4) is 0 Å². The van der Waals surface area contributed by atoms with Crippen molar-refractivity contribution >= 4 is 17.4 Å². The topological polar surface area (TPSA) is 92.4 Å². The first-order chi connectivity index (χ1) is 10.4. The van der Waals surface area contributed by atoms with Crippen LogP contribution < -0.4 is 5.43 Å². The first-order valence-electron chi connectivity index (χ1n) is 5.99. The average Bonchev–Trinajstić information content (AvgIpc) is 2.96. The molecule has 22 heavy (non-hydrogen) atoms. The van der Waals surface area contributed by atoms with Crippen LogP contribution in [0, 0.1) is 0 Å². The molecule has 0 bridgehead atoms. The van der Waals surface area contributed by atoms with Gasteiger partial charge in [0.05, 0.1) is 0 Å². The van der Waals surface area contributed by atoms with E-state index in [9.17, 15) is 23.1 Å². The second-order valence-electron chi connectivity index (χ2n) is 4.43. The summed E-state index contributed by atoms with van der Waals surface area (Å²) in [5.74, 6) is -1.50. The molecule has 10 heteroatoms. The lowest BCUT2D eigenvalue weighted by Crippen LogP contribution is -2.58. The maximum Gasteiger partial charge on any atom is 0.445 e. The van der Waals surface area contributed by atoms with Crippen LogP contribution in [0.2, 0.25) is 0 Å². The first kappa shape index (κ1) is 14.2. The van der Waals surface area contributed by atoms with Gasteiger partial charge in [0.15, 0.2) is 5.71 Å². The van der Waals surface area contributed by atoms with E-state index < -0.39 is 29.3 Å². The minimum Gasteiger partial charge on any atom is -0.357 e. The zero-order valence-electron chi connectivity index (χ0n) is 10.7. The fourth-order valence-corrected chi connectivity index (χ4v) is 2.03. The highest BCUT2D eigenvalue weighted by Gasteiger charge is 2.64. The third-order valence-corrected chi connectivity index (χ3v) is 3.10. The number of nitrogens with zero attached hydrogens (tertiary/aromatic N) is 4. The summed E-state index contributed by atoms with van der Waals surface area (Å²) in [4.78, 5) is 15.8. The summed E-state index contributed by atoms with van der Waals surface area (Å²) < 4.78 is 40.4. The number of hydrogen-bond acceptors (Lipinski definition) is 6. The summed E-state index contributed by atoms with van der Waals surface area (Å²) in [6, 6.07) is 7.20. The summed E-state index contributed by atoms with van der Waals surface area (Å²) in [5.41, 5.74) is -2.71. The van der Waals surface area contributed by atoms with E-state index in [0.717, 1.165) is 6.33 Å². The van der Waals surface area contributed by atoms with Crippen LogP contribution in [-0.2, 0) is 5.72 Å². The molecule has 0 amide bonds. The van der Waals surface area contributed by atoms with Gasteiger partial charge < -0.3 is 5.11 Å². The Morgan fingerprint density at radius 1 is 1.27 bits per heavy atom. The number of hydrogen-bond donors (Lipinski definition) is 2. The Morgan fingerprint density at radius 3 is 2.59 bits per heavy atom. The van der Waals surface area contributed by atoms with Gasteiger partial charge in [-0.1, -0.05) is 30.3 Å². The van der Waals surface area contributed by atoms with Gasteiger partial charge >= 0.3 is 11.9 Å². The fourth-order valence-electron chi connectivity index (χ4n) is 2.03.